The highest BCUT2D eigenvalue weighted by atomic mass is 19.2. The van der Waals surface area contributed by atoms with E-state index in [1.165, 1.54) is 6.07 Å². The highest BCUT2D eigenvalue weighted by molar-refractivity contribution is 5.20. The number of halogens is 2. The van der Waals surface area contributed by atoms with Crippen molar-refractivity contribution in [3.63, 3.8) is 0 Å². The lowest BCUT2D eigenvalue weighted by Gasteiger charge is -2.36. The first-order valence-corrected chi connectivity index (χ1v) is 5.88. The van der Waals surface area contributed by atoms with Crippen LogP contribution in [0.25, 0.3) is 0 Å². The van der Waals surface area contributed by atoms with E-state index in [0.717, 1.165) is 25.5 Å². The molecule has 4 heteroatoms. The van der Waals surface area contributed by atoms with Gasteiger partial charge in [-0.3, -0.25) is 0 Å². The summed E-state index contributed by atoms with van der Waals surface area (Å²) in [6.07, 6.45) is 2.26. The van der Waals surface area contributed by atoms with Crippen LogP contribution in [0.5, 0.6) is 0 Å². The predicted octanol–water partition coefficient (Wildman–Crippen LogP) is 2.26. The molecule has 2 N–H and O–H groups in total. The number of nitrogens with two attached hydrogens (primary N) is 1. The predicted molar refractivity (Wildman–Crippen MR) is 61.6 cm³/mol. The monoisotopic (exact) mass is 241 g/mol. The van der Waals surface area contributed by atoms with E-state index in [4.69, 9.17) is 10.5 Å². The van der Waals surface area contributed by atoms with Gasteiger partial charge in [-0.05, 0) is 30.9 Å². The molecule has 0 bridgehead atoms. The molecule has 17 heavy (non-hydrogen) atoms. The van der Waals surface area contributed by atoms with Gasteiger partial charge in [-0.25, -0.2) is 8.78 Å². The first-order chi connectivity index (χ1) is 8.17. The van der Waals surface area contributed by atoms with Crippen LogP contribution in [0.2, 0.25) is 0 Å². The van der Waals surface area contributed by atoms with E-state index < -0.39 is 11.6 Å². The fraction of sp³-hybridized carbons (Fsp3) is 0.538. The molecule has 2 rings (SSSR count). The third-order valence-corrected chi connectivity index (χ3v) is 3.43. The van der Waals surface area contributed by atoms with Gasteiger partial charge in [-0.15, -0.1) is 0 Å². The van der Waals surface area contributed by atoms with Crippen LogP contribution in [0.3, 0.4) is 0 Å². The lowest BCUT2D eigenvalue weighted by Crippen LogP contribution is -2.40. The molecule has 2 nitrogen and oxygen atoms in total. The Morgan fingerprint density at radius 1 is 1.35 bits per heavy atom. The van der Waals surface area contributed by atoms with Gasteiger partial charge < -0.3 is 10.5 Å². The summed E-state index contributed by atoms with van der Waals surface area (Å²) in [7, 11) is 0. The van der Waals surface area contributed by atoms with Crippen LogP contribution in [0.4, 0.5) is 8.78 Å². The summed E-state index contributed by atoms with van der Waals surface area (Å²) < 4.78 is 32.2. The average Bonchev–Trinajstić information content (AvgIpc) is 2.36. The Balaban J connectivity index is 2.20. The second-order valence-electron chi connectivity index (χ2n) is 4.75. The van der Waals surface area contributed by atoms with Crippen LogP contribution in [0.15, 0.2) is 18.2 Å². The summed E-state index contributed by atoms with van der Waals surface area (Å²) in [5.74, 6) is -1.56. The largest absolute Gasteiger partial charge is 0.381 e. The van der Waals surface area contributed by atoms with Gasteiger partial charge in [0.15, 0.2) is 11.6 Å². The number of rotatable bonds is 3. The molecule has 1 aliphatic heterocycles. The topological polar surface area (TPSA) is 35.2 Å². The number of benzene rings is 1. The molecule has 0 aliphatic carbocycles. The normalized spacial score (nSPS) is 24.9. The molecular weight excluding hydrogens is 224 g/mol. The van der Waals surface area contributed by atoms with Crippen LogP contribution in [-0.2, 0) is 11.2 Å². The average molecular weight is 241 g/mol. The molecule has 1 aliphatic rings. The van der Waals surface area contributed by atoms with Crippen molar-refractivity contribution in [1.29, 1.82) is 0 Å². The zero-order valence-electron chi connectivity index (χ0n) is 9.72. The van der Waals surface area contributed by atoms with Crippen molar-refractivity contribution in [2.24, 2.45) is 11.1 Å². The van der Waals surface area contributed by atoms with Gasteiger partial charge in [0.1, 0.15) is 0 Å². The summed E-state index contributed by atoms with van der Waals surface area (Å²) in [6, 6.07) is 4.28. The summed E-state index contributed by atoms with van der Waals surface area (Å²) in [6.45, 7) is 1.69. The highest BCUT2D eigenvalue weighted by Crippen LogP contribution is 2.32. The van der Waals surface area contributed by atoms with Gasteiger partial charge in [0, 0.05) is 18.6 Å². The molecule has 1 atom stereocenters. The van der Waals surface area contributed by atoms with E-state index in [1.807, 2.05) is 0 Å². The standard InChI is InChI=1S/C13H17F2NO/c14-11-4-1-3-10(12(11)15)7-13(8-16)5-2-6-17-9-13/h1,3-4H,2,5-9,16H2. The molecule has 1 fully saturated rings. The SMILES string of the molecule is NCC1(Cc2cccc(F)c2F)CCCOC1. The molecule has 1 saturated heterocycles. The van der Waals surface area contributed by atoms with Gasteiger partial charge in [0.25, 0.3) is 0 Å². The molecule has 94 valence electrons. The lowest BCUT2D eigenvalue weighted by atomic mass is 9.77. The molecule has 0 amide bonds. The molecule has 1 unspecified atom stereocenters. The minimum atomic E-state index is -0.800. The summed E-state index contributed by atoms with van der Waals surface area (Å²) in [5.41, 5.74) is 5.92. The number of ether oxygens (including phenoxy) is 1. The number of hydrogen-bond donors (Lipinski definition) is 1. The van der Waals surface area contributed by atoms with Crippen LogP contribution in [0.1, 0.15) is 18.4 Å². The second-order valence-corrected chi connectivity index (χ2v) is 4.75. The fourth-order valence-electron chi connectivity index (χ4n) is 2.37. The second kappa shape index (κ2) is 5.10. The smallest absolute Gasteiger partial charge is 0.162 e. The quantitative estimate of drug-likeness (QED) is 0.881. The Morgan fingerprint density at radius 2 is 2.18 bits per heavy atom. The minimum Gasteiger partial charge on any atom is -0.381 e. The van der Waals surface area contributed by atoms with Crippen LogP contribution in [0, 0.1) is 17.0 Å². The van der Waals surface area contributed by atoms with Gasteiger partial charge in [-0.2, -0.15) is 0 Å². The van der Waals surface area contributed by atoms with E-state index in [1.54, 1.807) is 6.07 Å². The van der Waals surface area contributed by atoms with Crippen molar-refractivity contribution in [1.82, 2.24) is 0 Å². The van der Waals surface area contributed by atoms with E-state index in [9.17, 15) is 8.78 Å². The van der Waals surface area contributed by atoms with Crippen LogP contribution >= 0.6 is 0 Å². The maximum Gasteiger partial charge on any atom is 0.162 e. The van der Waals surface area contributed by atoms with Gasteiger partial charge in [0.05, 0.1) is 6.61 Å². The van der Waals surface area contributed by atoms with Crippen molar-refractivity contribution >= 4 is 0 Å². The van der Waals surface area contributed by atoms with Crippen molar-refractivity contribution in [3.05, 3.63) is 35.4 Å². The third-order valence-electron chi connectivity index (χ3n) is 3.43. The Labute approximate surface area is 99.8 Å². The molecule has 0 aromatic heterocycles. The third kappa shape index (κ3) is 2.64. The molecular formula is C13H17F2NO. The molecule has 0 spiro atoms. The van der Waals surface area contributed by atoms with Crippen molar-refractivity contribution < 1.29 is 13.5 Å². The summed E-state index contributed by atoms with van der Waals surface area (Å²) >= 11 is 0. The van der Waals surface area contributed by atoms with E-state index in [-0.39, 0.29) is 5.41 Å². The van der Waals surface area contributed by atoms with Crippen LogP contribution < -0.4 is 5.73 Å². The fourth-order valence-corrected chi connectivity index (χ4v) is 2.37. The van der Waals surface area contributed by atoms with E-state index in [0.29, 0.717) is 25.1 Å². The Hall–Kier alpha value is -1.00. The van der Waals surface area contributed by atoms with Crippen LogP contribution in [-0.4, -0.2) is 19.8 Å². The van der Waals surface area contributed by atoms with Gasteiger partial charge in [0.2, 0.25) is 0 Å². The zero-order valence-corrected chi connectivity index (χ0v) is 9.72. The molecule has 1 heterocycles. The first kappa shape index (κ1) is 12.5. The molecule has 0 saturated carbocycles. The first-order valence-electron chi connectivity index (χ1n) is 5.88. The lowest BCUT2D eigenvalue weighted by molar-refractivity contribution is -0.00308. The molecule has 1 aromatic carbocycles. The number of hydrogen-bond acceptors (Lipinski definition) is 2. The van der Waals surface area contributed by atoms with Gasteiger partial charge in [-0.1, -0.05) is 12.1 Å². The van der Waals surface area contributed by atoms with E-state index in [2.05, 4.69) is 0 Å². The van der Waals surface area contributed by atoms with Crippen molar-refractivity contribution in [3.8, 4) is 0 Å². The Kier molecular flexibility index (Phi) is 3.74. The Morgan fingerprint density at radius 3 is 2.82 bits per heavy atom. The highest BCUT2D eigenvalue weighted by Gasteiger charge is 2.32. The summed E-state index contributed by atoms with van der Waals surface area (Å²) in [5, 5.41) is 0. The maximum atomic E-state index is 13.6. The van der Waals surface area contributed by atoms with Crippen molar-refractivity contribution in [2.75, 3.05) is 19.8 Å². The Bertz CT molecular complexity index is 389. The van der Waals surface area contributed by atoms with Crippen molar-refractivity contribution in [2.45, 2.75) is 19.3 Å². The minimum absolute atomic E-state index is 0.243. The zero-order chi connectivity index (χ0) is 12.3. The van der Waals surface area contributed by atoms with Gasteiger partial charge >= 0.3 is 0 Å². The molecule has 0 radical (unpaired) electrons. The van der Waals surface area contributed by atoms with E-state index >= 15 is 0 Å². The maximum absolute atomic E-state index is 13.6. The molecule has 1 aromatic rings. The summed E-state index contributed by atoms with van der Waals surface area (Å²) in [4.78, 5) is 0.